The van der Waals surface area contributed by atoms with Gasteiger partial charge in [0.2, 0.25) is 0 Å². The minimum atomic E-state index is -0.768. The number of benzene rings is 1. The number of carbonyl (C=O) groups excluding carboxylic acids is 2. The van der Waals surface area contributed by atoms with Crippen LogP contribution in [0.4, 0.5) is 15.4 Å². The summed E-state index contributed by atoms with van der Waals surface area (Å²) in [5.41, 5.74) is 3.93. The van der Waals surface area contributed by atoms with Gasteiger partial charge < -0.3 is 9.47 Å². The summed E-state index contributed by atoms with van der Waals surface area (Å²) in [6, 6.07) is 10.7. The Kier molecular flexibility index (Phi) is 6.74. The molecule has 0 spiro atoms. The molecular formula is C19H24ClN3O4. The molecule has 2 rings (SSSR count). The van der Waals surface area contributed by atoms with Crippen LogP contribution in [0.2, 0.25) is 5.02 Å². The maximum Gasteiger partial charge on any atom is 0.435 e. The fourth-order valence-electron chi connectivity index (χ4n) is 2.43. The van der Waals surface area contributed by atoms with Crippen molar-refractivity contribution in [2.45, 2.75) is 46.8 Å². The number of carbonyl (C=O) groups is 2. The van der Waals surface area contributed by atoms with Crippen molar-refractivity contribution in [3.63, 3.8) is 0 Å². The molecule has 1 N–H and O–H groups in total. The first kappa shape index (κ1) is 20.6. The zero-order valence-corrected chi connectivity index (χ0v) is 16.8. The molecule has 2 amide bonds. The quantitative estimate of drug-likeness (QED) is 0.754. The van der Waals surface area contributed by atoms with Crippen LogP contribution < -0.4 is 10.4 Å². The van der Waals surface area contributed by atoms with Crippen LogP contribution in [-0.2, 0) is 9.47 Å². The van der Waals surface area contributed by atoms with Gasteiger partial charge in [0.1, 0.15) is 5.82 Å². The van der Waals surface area contributed by atoms with E-state index >= 15 is 0 Å². The monoisotopic (exact) mass is 393 g/mol. The molecule has 7 nitrogen and oxygen atoms in total. The van der Waals surface area contributed by atoms with E-state index in [1.807, 2.05) is 31.2 Å². The SMILES string of the molecule is Cc1ccc(N(NC(=O)OC(C)C)C(=O)OC(C)C)n1-c1ccccc1Cl. The summed E-state index contributed by atoms with van der Waals surface area (Å²) in [6.45, 7) is 8.74. The van der Waals surface area contributed by atoms with Crippen molar-refractivity contribution in [2.75, 3.05) is 5.01 Å². The van der Waals surface area contributed by atoms with Crippen LogP contribution in [0.25, 0.3) is 5.69 Å². The molecule has 0 aliphatic carbocycles. The lowest BCUT2D eigenvalue weighted by Gasteiger charge is -2.25. The highest BCUT2D eigenvalue weighted by molar-refractivity contribution is 6.32. The molecule has 1 aromatic carbocycles. The van der Waals surface area contributed by atoms with Gasteiger partial charge in [-0.1, -0.05) is 23.7 Å². The van der Waals surface area contributed by atoms with Gasteiger partial charge in [-0.05, 0) is 58.9 Å². The molecule has 1 aromatic heterocycles. The lowest BCUT2D eigenvalue weighted by Crippen LogP contribution is -2.49. The Labute approximate surface area is 163 Å². The predicted molar refractivity (Wildman–Crippen MR) is 104 cm³/mol. The number of aryl methyl sites for hydroxylation is 1. The third kappa shape index (κ3) is 5.17. The number of aromatic nitrogens is 1. The lowest BCUT2D eigenvalue weighted by molar-refractivity contribution is 0.103. The van der Waals surface area contributed by atoms with E-state index in [1.54, 1.807) is 44.4 Å². The van der Waals surface area contributed by atoms with Gasteiger partial charge in [-0.3, -0.25) is 4.57 Å². The molecule has 0 atom stereocenters. The molecule has 0 saturated carbocycles. The van der Waals surface area contributed by atoms with Crippen molar-refractivity contribution >= 4 is 29.6 Å². The van der Waals surface area contributed by atoms with E-state index in [-0.39, 0.29) is 12.2 Å². The number of hydrazine groups is 1. The van der Waals surface area contributed by atoms with Gasteiger partial charge in [-0.25, -0.2) is 15.0 Å². The number of hydrogen-bond acceptors (Lipinski definition) is 4. The van der Waals surface area contributed by atoms with Gasteiger partial charge in [0.05, 0.1) is 22.9 Å². The Bertz CT molecular complexity index is 817. The van der Waals surface area contributed by atoms with Gasteiger partial charge in [0.25, 0.3) is 0 Å². The summed E-state index contributed by atoms with van der Waals surface area (Å²) >= 11 is 6.34. The smallest absolute Gasteiger partial charge is 0.435 e. The van der Waals surface area contributed by atoms with Crippen LogP contribution in [0.15, 0.2) is 36.4 Å². The molecule has 0 unspecified atom stereocenters. The average Bonchev–Trinajstić information content (AvgIpc) is 2.93. The number of para-hydroxylation sites is 1. The zero-order valence-electron chi connectivity index (χ0n) is 16.0. The van der Waals surface area contributed by atoms with E-state index in [1.165, 1.54) is 0 Å². The van der Waals surface area contributed by atoms with Crippen molar-refractivity contribution in [3.8, 4) is 5.69 Å². The third-order valence-corrected chi connectivity index (χ3v) is 3.76. The van der Waals surface area contributed by atoms with Crippen molar-refractivity contribution in [2.24, 2.45) is 0 Å². The van der Waals surface area contributed by atoms with E-state index in [2.05, 4.69) is 5.43 Å². The fraction of sp³-hybridized carbons (Fsp3) is 0.368. The predicted octanol–water partition coefficient (Wildman–Crippen LogP) is 4.84. The summed E-state index contributed by atoms with van der Waals surface area (Å²) < 4.78 is 12.1. The first-order valence-electron chi connectivity index (χ1n) is 8.62. The molecule has 2 aromatic rings. The van der Waals surface area contributed by atoms with E-state index in [0.717, 1.165) is 10.7 Å². The van der Waals surface area contributed by atoms with Crippen molar-refractivity contribution in [3.05, 3.63) is 47.1 Å². The van der Waals surface area contributed by atoms with Gasteiger partial charge in [-0.2, -0.15) is 5.01 Å². The fourth-order valence-corrected chi connectivity index (χ4v) is 2.65. The highest BCUT2D eigenvalue weighted by atomic mass is 35.5. The number of hydrogen-bond donors (Lipinski definition) is 1. The lowest BCUT2D eigenvalue weighted by atomic mass is 10.3. The first-order valence-corrected chi connectivity index (χ1v) is 8.99. The van der Waals surface area contributed by atoms with E-state index < -0.39 is 12.2 Å². The number of nitrogens with one attached hydrogen (secondary N) is 1. The van der Waals surface area contributed by atoms with Gasteiger partial charge >= 0.3 is 12.2 Å². The molecule has 0 radical (unpaired) electrons. The second-order valence-electron chi connectivity index (χ2n) is 6.45. The summed E-state index contributed by atoms with van der Waals surface area (Å²) in [5, 5.41) is 1.51. The number of halogens is 1. The molecule has 0 saturated heterocycles. The molecule has 0 fully saturated rings. The van der Waals surface area contributed by atoms with Gasteiger partial charge in [-0.15, -0.1) is 0 Å². The van der Waals surface area contributed by atoms with Crippen LogP contribution in [-0.4, -0.2) is 29.0 Å². The molecule has 0 aliphatic rings. The number of amides is 2. The third-order valence-electron chi connectivity index (χ3n) is 3.44. The Morgan fingerprint density at radius 1 is 1.04 bits per heavy atom. The molecule has 27 heavy (non-hydrogen) atoms. The molecule has 0 bridgehead atoms. The Morgan fingerprint density at radius 2 is 1.67 bits per heavy atom. The standard InChI is InChI=1S/C19H24ClN3O4/c1-12(2)26-18(24)21-23(19(25)27-13(3)4)17-11-10-14(5)22(17)16-9-7-6-8-15(16)20/h6-13H,1-5H3,(H,21,24). The summed E-state index contributed by atoms with van der Waals surface area (Å²) in [5.74, 6) is 0.368. The Morgan fingerprint density at radius 3 is 2.26 bits per heavy atom. The highest BCUT2D eigenvalue weighted by Gasteiger charge is 2.26. The van der Waals surface area contributed by atoms with Crippen LogP contribution in [0.1, 0.15) is 33.4 Å². The average molecular weight is 394 g/mol. The second kappa shape index (κ2) is 8.81. The summed E-state index contributed by atoms with van der Waals surface area (Å²) in [7, 11) is 0. The molecule has 8 heteroatoms. The van der Waals surface area contributed by atoms with Crippen LogP contribution >= 0.6 is 11.6 Å². The number of nitrogens with zero attached hydrogens (tertiary/aromatic N) is 2. The molecule has 1 heterocycles. The van der Waals surface area contributed by atoms with Gasteiger partial charge in [0.15, 0.2) is 0 Å². The van der Waals surface area contributed by atoms with Crippen molar-refractivity contribution in [1.82, 2.24) is 9.99 Å². The second-order valence-corrected chi connectivity index (χ2v) is 6.86. The minimum Gasteiger partial charge on any atom is -0.446 e. The molecule has 146 valence electrons. The maximum absolute atomic E-state index is 12.6. The summed E-state index contributed by atoms with van der Waals surface area (Å²) in [6.07, 6.45) is -2.22. The molecule has 0 aliphatic heterocycles. The topological polar surface area (TPSA) is 72.8 Å². The van der Waals surface area contributed by atoms with E-state index in [4.69, 9.17) is 21.1 Å². The van der Waals surface area contributed by atoms with Crippen LogP contribution in [0, 0.1) is 6.92 Å². The van der Waals surface area contributed by atoms with Crippen LogP contribution in [0.3, 0.4) is 0 Å². The highest BCUT2D eigenvalue weighted by Crippen LogP contribution is 2.29. The zero-order chi connectivity index (χ0) is 20.1. The number of anilines is 1. The molecular weight excluding hydrogens is 370 g/mol. The first-order chi connectivity index (χ1) is 12.7. The van der Waals surface area contributed by atoms with Crippen molar-refractivity contribution in [1.29, 1.82) is 0 Å². The normalized spacial score (nSPS) is 10.8. The number of rotatable bonds is 4. The number of ether oxygens (including phenoxy) is 2. The van der Waals surface area contributed by atoms with E-state index in [0.29, 0.717) is 16.5 Å². The van der Waals surface area contributed by atoms with Crippen molar-refractivity contribution < 1.29 is 19.1 Å². The minimum absolute atomic E-state index is 0.343. The Hall–Kier alpha value is -2.67. The van der Waals surface area contributed by atoms with E-state index in [9.17, 15) is 9.59 Å². The maximum atomic E-state index is 12.6. The Balaban J connectivity index is 2.48. The summed E-state index contributed by atoms with van der Waals surface area (Å²) in [4.78, 5) is 24.8. The van der Waals surface area contributed by atoms with Crippen LogP contribution in [0.5, 0.6) is 0 Å². The largest absolute Gasteiger partial charge is 0.446 e. The van der Waals surface area contributed by atoms with Gasteiger partial charge in [0, 0.05) is 5.69 Å².